The van der Waals surface area contributed by atoms with Crippen LogP contribution in [0.2, 0.25) is 5.02 Å². The maximum Gasteiger partial charge on any atom is 0.271 e. The summed E-state index contributed by atoms with van der Waals surface area (Å²) < 4.78 is 6.00. The molecule has 0 spiro atoms. The maximum atomic E-state index is 10.7. The lowest BCUT2D eigenvalue weighted by Gasteiger charge is -2.53. The third kappa shape index (κ3) is 2.99. The molecule has 5 nitrogen and oxygen atoms in total. The van der Waals surface area contributed by atoms with Gasteiger partial charge in [-0.15, -0.1) is 0 Å². The van der Waals surface area contributed by atoms with Crippen molar-refractivity contribution in [3.63, 3.8) is 0 Å². The molecule has 0 heterocycles. The van der Waals surface area contributed by atoms with Crippen LogP contribution in [0.4, 0.5) is 5.69 Å². The van der Waals surface area contributed by atoms with Gasteiger partial charge in [0.15, 0.2) is 0 Å². The van der Waals surface area contributed by atoms with Crippen LogP contribution in [-0.2, 0) is 0 Å². The predicted molar refractivity (Wildman–Crippen MR) is 83.0 cm³/mol. The zero-order valence-corrected chi connectivity index (χ0v) is 13.3. The van der Waals surface area contributed by atoms with Crippen LogP contribution in [0.1, 0.15) is 33.6 Å². The van der Waals surface area contributed by atoms with Crippen molar-refractivity contribution < 1.29 is 9.66 Å². The number of hydrogen-bond acceptors (Lipinski definition) is 4. The Morgan fingerprint density at radius 1 is 1.52 bits per heavy atom. The first-order valence-corrected chi connectivity index (χ1v) is 7.64. The quantitative estimate of drug-likeness (QED) is 0.641. The zero-order chi connectivity index (χ0) is 15.6. The van der Waals surface area contributed by atoms with Gasteiger partial charge in [-0.25, -0.2) is 0 Å². The molecule has 0 saturated heterocycles. The van der Waals surface area contributed by atoms with Crippen LogP contribution < -0.4 is 10.1 Å². The molecule has 2 rings (SSSR count). The molecule has 1 aliphatic carbocycles. The van der Waals surface area contributed by atoms with E-state index in [1.807, 2.05) is 0 Å². The number of hydrogen-bond donors (Lipinski definition) is 1. The van der Waals surface area contributed by atoms with Gasteiger partial charge in [-0.05, 0) is 19.0 Å². The van der Waals surface area contributed by atoms with Crippen molar-refractivity contribution in [2.24, 2.45) is 5.41 Å². The Morgan fingerprint density at radius 3 is 2.76 bits per heavy atom. The second kappa shape index (κ2) is 6.20. The van der Waals surface area contributed by atoms with E-state index >= 15 is 0 Å². The molecule has 0 aliphatic heterocycles. The first kappa shape index (κ1) is 16.0. The van der Waals surface area contributed by atoms with E-state index in [4.69, 9.17) is 16.3 Å². The summed E-state index contributed by atoms with van der Waals surface area (Å²) in [4.78, 5) is 10.3. The standard InChI is InChI=1S/C15H21ClN2O3/c1-4-15(3)13(17-5-2)9-14(15)21-12-7-6-10(18(19)20)8-11(12)16/h6-8,13-14,17H,4-5,9H2,1-3H3. The number of nitrogens with zero attached hydrogens (tertiary/aromatic N) is 1. The molecule has 1 aliphatic rings. The number of nitrogens with one attached hydrogen (secondary N) is 1. The molecular formula is C15H21ClN2O3. The van der Waals surface area contributed by atoms with Gasteiger partial charge in [0.1, 0.15) is 11.9 Å². The van der Waals surface area contributed by atoms with Crippen LogP contribution in [0, 0.1) is 15.5 Å². The third-order valence-electron chi connectivity index (χ3n) is 4.59. The number of nitro benzene ring substituents is 1. The number of nitro groups is 1. The lowest BCUT2D eigenvalue weighted by Crippen LogP contribution is -2.63. The molecule has 1 fully saturated rings. The Morgan fingerprint density at radius 2 is 2.24 bits per heavy atom. The van der Waals surface area contributed by atoms with Crippen molar-refractivity contribution in [2.45, 2.75) is 45.8 Å². The largest absolute Gasteiger partial charge is 0.488 e. The van der Waals surface area contributed by atoms with Crippen LogP contribution in [0.15, 0.2) is 18.2 Å². The van der Waals surface area contributed by atoms with Crippen molar-refractivity contribution in [1.82, 2.24) is 5.32 Å². The summed E-state index contributed by atoms with van der Waals surface area (Å²) in [6, 6.07) is 4.78. The minimum Gasteiger partial charge on any atom is -0.488 e. The molecule has 6 heteroatoms. The Labute approximate surface area is 129 Å². The number of rotatable bonds is 6. The van der Waals surface area contributed by atoms with Gasteiger partial charge in [-0.2, -0.15) is 0 Å². The summed E-state index contributed by atoms with van der Waals surface area (Å²) in [7, 11) is 0. The number of ether oxygens (including phenoxy) is 1. The monoisotopic (exact) mass is 312 g/mol. The molecule has 3 atom stereocenters. The van der Waals surface area contributed by atoms with Crippen LogP contribution in [-0.4, -0.2) is 23.6 Å². The lowest BCUT2D eigenvalue weighted by atomic mass is 9.61. The number of benzene rings is 1. The minimum atomic E-state index is -0.462. The Bertz CT molecular complexity index is 538. The van der Waals surface area contributed by atoms with Crippen LogP contribution in [0.5, 0.6) is 5.75 Å². The van der Waals surface area contributed by atoms with Crippen LogP contribution >= 0.6 is 11.6 Å². The SMILES string of the molecule is CCNC1CC(Oc2ccc([N+](=O)[O-])cc2Cl)C1(C)CC. The van der Waals surface area contributed by atoms with Gasteiger partial charge in [-0.3, -0.25) is 10.1 Å². The zero-order valence-electron chi connectivity index (χ0n) is 12.6. The van der Waals surface area contributed by atoms with Crippen molar-refractivity contribution in [2.75, 3.05) is 6.54 Å². The number of halogens is 1. The molecule has 21 heavy (non-hydrogen) atoms. The molecule has 1 saturated carbocycles. The molecule has 0 amide bonds. The van der Waals surface area contributed by atoms with Gasteiger partial charge in [0, 0.05) is 30.0 Å². The summed E-state index contributed by atoms with van der Waals surface area (Å²) in [6.45, 7) is 7.38. The highest BCUT2D eigenvalue weighted by Gasteiger charge is 2.51. The Kier molecular flexibility index (Phi) is 4.74. The molecule has 3 unspecified atom stereocenters. The van der Waals surface area contributed by atoms with Crippen molar-refractivity contribution in [3.8, 4) is 5.75 Å². The van der Waals surface area contributed by atoms with E-state index in [-0.39, 0.29) is 22.2 Å². The van der Waals surface area contributed by atoms with E-state index in [2.05, 4.69) is 26.1 Å². The Balaban J connectivity index is 2.11. The van der Waals surface area contributed by atoms with Crippen LogP contribution in [0.3, 0.4) is 0 Å². The molecule has 0 radical (unpaired) electrons. The van der Waals surface area contributed by atoms with Gasteiger partial charge in [-0.1, -0.05) is 32.4 Å². The molecule has 1 N–H and O–H groups in total. The molecule has 1 aromatic rings. The third-order valence-corrected chi connectivity index (χ3v) is 4.88. The van der Waals surface area contributed by atoms with Crippen molar-refractivity contribution in [1.29, 1.82) is 0 Å². The molecule has 0 bridgehead atoms. The fraction of sp³-hybridized carbons (Fsp3) is 0.600. The molecule has 1 aromatic carbocycles. The Hall–Kier alpha value is -1.33. The fourth-order valence-corrected chi connectivity index (χ4v) is 3.11. The lowest BCUT2D eigenvalue weighted by molar-refractivity contribution is -0.384. The maximum absolute atomic E-state index is 10.7. The summed E-state index contributed by atoms with van der Waals surface area (Å²) in [6.07, 6.45) is 2.00. The van der Waals surface area contributed by atoms with Gasteiger partial charge >= 0.3 is 0 Å². The summed E-state index contributed by atoms with van der Waals surface area (Å²) >= 11 is 6.09. The molecule has 0 aromatic heterocycles. The summed E-state index contributed by atoms with van der Waals surface area (Å²) in [5.74, 6) is 0.516. The highest BCUT2D eigenvalue weighted by Crippen LogP contribution is 2.47. The average Bonchev–Trinajstić information content (AvgIpc) is 2.46. The van der Waals surface area contributed by atoms with E-state index in [1.165, 1.54) is 12.1 Å². The fourth-order valence-electron chi connectivity index (χ4n) is 2.89. The molecule has 116 valence electrons. The van der Waals surface area contributed by atoms with Gasteiger partial charge in [0.2, 0.25) is 0 Å². The summed E-state index contributed by atoms with van der Waals surface area (Å²) in [5.41, 5.74) is 0.0333. The second-order valence-corrected chi connectivity index (χ2v) is 6.09. The van der Waals surface area contributed by atoms with Crippen molar-refractivity contribution >= 4 is 17.3 Å². The van der Waals surface area contributed by atoms with E-state index in [0.29, 0.717) is 11.8 Å². The minimum absolute atomic E-state index is 0.0234. The average molecular weight is 313 g/mol. The normalized spacial score (nSPS) is 28.0. The predicted octanol–water partition coefficient (Wildman–Crippen LogP) is 3.79. The van der Waals surface area contributed by atoms with E-state index in [1.54, 1.807) is 6.07 Å². The second-order valence-electron chi connectivity index (χ2n) is 5.68. The molecular weight excluding hydrogens is 292 g/mol. The van der Waals surface area contributed by atoms with E-state index < -0.39 is 4.92 Å². The van der Waals surface area contributed by atoms with Gasteiger partial charge in [0.05, 0.1) is 9.95 Å². The van der Waals surface area contributed by atoms with Gasteiger partial charge in [0.25, 0.3) is 5.69 Å². The highest BCUT2D eigenvalue weighted by atomic mass is 35.5. The highest BCUT2D eigenvalue weighted by molar-refractivity contribution is 6.32. The van der Waals surface area contributed by atoms with E-state index in [0.717, 1.165) is 19.4 Å². The topological polar surface area (TPSA) is 64.4 Å². The first-order valence-electron chi connectivity index (χ1n) is 7.26. The smallest absolute Gasteiger partial charge is 0.271 e. The number of non-ortho nitro benzene ring substituents is 1. The summed E-state index contributed by atoms with van der Waals surface area (Å²) in [5, 5.41) is 14.5. The van der Waals surface area contributed by atoms with Gasteiger partial charge < -0.3 is 10.1 Å². The van der Waals surface area contributed by atoms with Crippen molar-refractivity contribution in [3.05, 3.63) is 33.3 Å². The first-order chi connectivity index (χ1) is 9.92. The van der Waals surface area contributed by atoms with Crippen LogP contribution in [0.25, 0.3) is 0 Å². The van der Waals surface area contributed by atoms with E-state index in [9.17, 15) is 10.1 Å².